The SMILES string of the molecule is CNC(=O)c1csc(Nc2ccc(-c3ccc(C(=O)O)cc3)cc2)n1. The number of aromatic carboxylic acids is 1. The summed E-state index contributed by atoms with van der Waals surface area (Å²) in [5, 5.41) is 17.0. The van der Waals surface area contributed by atoms with Gasteiger partial charge < -0.3 is 15.7 Å². The van der Waals surface area contributed by atoms with Gasteiger partial charge in [-0.1, -0.05) is 24.3 Å². The van der Waals surface area contributed by atoms with Crippen molar-refractivity contribution >= 4 is 34.0 Å². The lowest BCUT2D eigenvalue weighted by molar-refractivity contribution is 0.0696. The predicted octanol–water partition coefficient (Wildman–Crippen LogP) is 3.61. The lowest BCUT2D eigenvalue weighted by atomic mass is 10.0. The Kier molecular flexibility index (Phi) is 4.76. The molecule has 0 atom stereocenters. The van der Waals surface area contributed by atoms with Gasteiger partial charge in [0.05, 0.1) is 5.56 Å². The molecule has 7 heteroatoms. The molecule has 1 amide bonds. The summed E-state index contributed by atoms with van der Waals surface area (Å²) in [7, 11) is 1.57. The van der Waals surface area contributed by atoms with Crippen LogP contribution in [0.1, 0.15) is 20.8 Å². The minimum atomic E-state index is -0.939. The van der Waals surface area contributed by atoms with Crippen LogP contribution in [0.5, 0.6) is 0 Å². The average Bonchev–Trinajstić information content (AvgIpc) is 3.10. The molecule has 0 aliphatic rings. The van der Waals surface area contributed by atoms with Crippen molar-refractivity contribution in [1.29, 1.82) is 0 Å². The number of carbonyl (C=O) groups excluding carboxylic acids is 1. The summed E-state index contributed by atoms with van der Waals surface area (Å²) in [6.07, 6.45) is 0. The van der Waals surface area contributed by atoms with Crippen LogP contribution in [-0.2, 0) is 0 Å². The molecule has 0 fully saturated rings. The van der Waals surface area contributed by atoms with E-state index in [1.54, 1.807) is 36.7 Å². The molecule has 0 bridgehead atoms. The van der Waals surface area contributed by atoms with Crippen LogP contribution in [0.4, 0.5) is 10.8 Å². The van der Waals surface area contributed by atoms with Gasteiger partial charge >= 0.3 is 5.97 Å². The molecule has 0 saturated heterocycles. The van der Waals surface area contributed by atoms with Crippen molar-refractivity contribution in [3.8, 4) is 11.1 Å². The fourth-order valence-electron chi connectivity index (χ4n) is 2.24. The number of amides is 1. The van der Waals surface area contributed by atoms with Gasteiger partial charge in [0.25, 0.3) is 5.91 Å². The summed E-state index contributed by atoms with van der Waals surface area (Å²) >= 11 is 1.35. The number of anilines is 2. The number of carboxylic acids is 1. The Balaban J connectivity index is 1.72. The number of aromatic nitrogens is 1. The number of benzene rings is 2. The lowest BCUT2D eigenvalue weighted by Gasteiger charge is -2.06. The predicted molar refractivity (Wildman–Crippen MR) is 97.6 cm³/mol. The van der Waals surface area contributed by atoms with Crippen molar-refractivity contribution < 1.29 is 14.7 Å². The van der Waals surface area contributed by atoms with Crippen molar-refractivity contribution in [2.45, 2.75) is 0 Å². The summed E-state index contributed by atoms with van der Waals surface area (Å²) in [6, 6.07) is 14.4. The van der Waals surface area contributed by atoms with Gasteiger partial charge in [-0.05, 0) is 35.4 Å². The van der Waals surface area contributed by atoms with Crippen LogP contribution in [-0.4, -0.2) is 29.0 Å². The molecule has 0 saturated carbocycles. The zero-order chi connectivity index (χ0) is 17.8. The maximum atomic E-state index is 11.5. The number of nitrogens with one attached hydrogen (secondary N) is 2. The van der Waals surface area contributed by atoms with Gasteiger partial charge in [0.2, 0.25) is 0 Å². The normalized spacial score (nSPS) is 10.3. The number of carbonyl (C=O) groups is 2. The number of nitrogens with zero attached hydrogens (tertiary/aromatic N) is 1. The van der Waals surface area contributed by atoms with Crippen molar-refractivity contribution in [3.05, 3.63) is 65.2 Å². The maximum absolute atomic E-state index is 11.5. The Bertz CT molecular complexity index is 902. The number of rotatable bonds is 5. The van der Waals surface area contributed by atoms with E-state index < -0.39 is 5.97 Å². The van der Waals surface area contributed by atoms with Crippen LogP contribution in [0.15, 0.2) is 53.9 Å². The van der Waals surface area contributed by atoms with Crippen LogP contribution in [0.2, 0.25) is 0 Å². The van der Waals surface area contributed by atoms with Crippen molar-refractivity contribution in [2.24, 2.45) is 0 Å². The molecule has 1 heterocycles. The third-order valence-electron chi connectivity index (χ3n) is 3.57. The second kappa shape index (κ2) is 7.14. The molecule has 3 N–H and O–H groups in total. The molecule has 2 aromatic carbocycles. The number of thiazole rings is 1. The van der Waals surface area contributed by atoms with Gasteiger partial charge in [-0.25, -0.2) is 9.78 Å². The smallest absolute Gasteiger partial charge is 0.335 e. The quantitative estimate of drug-likeness (QED) is 0.652. The molecule has 3 aromatic rings. The van der Waals surface area contributed by atoms with Crippen LogP contribution in [0, 0.1) is 0 Å². The average molecular weight is 353 g/mol. The minimum Gasteiger partial charge on any atom is -0.478 e. The lowest BCUT2D eigenvalue weighted by Crippen LogP contribution is -2.17. The highest BCUT2D eigenvalue weighted by atomic mass is 32.1. The summed E-state index contributed by atoms with van der Waals surface area (Å²) < 4.78 is 0. The zero-order valence-corrected chi connectivity index (χ0v) is 14.1. The van der Waals surface area contributed by atoms with Gasteiger partial charge in [-0.3, -0.25) is 4.79 Å². The van der Waals surface area contributed by atoms with Gasteiger partial charge in [0.15, 0.2) is 5.13 Å². The highest BCUT2D eigenvalue weighted by molar-refractivity contribution is 7.14. The minimum absolute atomic E-state index is 0.218. The van der Waals surface area contributed by atoms with Crippen LogP contribution in [0.3, 0.4) is 0 Å². The molecule has 0 aliphatic heterocycles. The second-order valence-electron chi connectivity index (χ2n) is 5.20. The van der Waals surface area contributed by atoms with E-state index in [-0.39, 0.29) is 11.5 Å². The Morgan fingerprint density at radius 3 is 2.16 bits per heavy atom. The van der Waals surface area contributed by atoms with Gasteiger partial charge in [0.1, 0.15) is 5.69 Å². The first kappa shape index (κ1) is 16.7. The van der Waals surface area contributed by atoms with Gasteiger partial charge in [-0.2, -0.15) is 0 Å². The first-order valence-corrected chi connectivity index (χ1v) is 8.33. The van der Waals surface area contributed by atoms with Crippen molar-refractivity contribution in [1.82, 2.24) is 10.3 Å². The number of hydrogen-bond acceptors (Lipinski definition) is 5. The maximum Gasteiger partial charge on any atom is 0.335 e. The van der Waals surface area contributed by atoms with E-state index in [0.717, 1.165) is 16.8 Å². The fourth-order valence-corrected chi connectivity index (χ4v) is 2.95. The molecule has 25 heavy (non-hydrogen) atoms. The highest BCUT2D eigenvalue weighted by Crippen LogP contribution is 2.25. The van der Waals surface area contributed by atoms with Crippen molar-refractivity contribution in [3.63, 3.8) is 0 Å². The number of hydrogen-bond donors (Lipinski definition) is 3. The Morgan fingerprint density at radius 1 is 1.00 bits per heavy atom. The van der Waals surface area contributed by atoms with E-state index >= 15 is 0 Å². The highest BCUT2D eigenvalue weighted by Gasteiger charge is 2.09. The first-order valence-electron chi connectivity index (χ1n) is 7.45. The molecule has 1 aromatic heterocycles. The van der Waals surface area contributed by atoms with E-state index in [4.69, 9.17) is 5.11 Å². The van der Waals surface area contributed by atoms with E-state index in [1.165, 1.54) is 11.3 Å². The summed E-state index contributed by atoms with van der Waals surface area (Å²) in [6.45, 7) is 0. The van der Waals surface area contributed by atoms with Crippen molar-refractivity contribution in [2.75, 3.05) is 12.4 Å². The van der Waals surface area contributed by atoms with Crippen LogP contribution >= 0.6 is 11.3 Å². The molecule has 126 valence electrons. The third-order valence-corrected chi connectivity index (χ3v) is 4.32. The summed E-state index contributed by atoms with van der Waals surface area (Å²) in [4.78, 5) is 26.6. The first-order chi connectivity index (χ1) is 12.1. The monoisotopic (exact) mass is 353 g/mol. The molecule has 6 nitrogen and oxygen atoms in total. The zero-order valence-electron chi connectivity index (χ0n) is 13.3. The van der Waals surface area contributed by atoms with Gasteiger partial charge in [-0.15, -0.1) is 11.3 Å². The van der Waals surface area contributed by atoms with Gasteiger partial charge in [0, 0.05) is 18.1 Å². The molecular formula is C18H15N3O3S. The van der Waals surface area contributed by atoms with E-state index in [9.17, 15) is 9.59 Å². The third kappa shape index (κ3) is 3.84. The van der Waals surface area contributed by atoms with E-state index in [0.29, 0.717) is 10.8 Å². The van der Waals surface area contributed by atoms with E-state index in [2.05, 4.69) is 15.6 Å². The largest absolute Gasteiger partial charge is 0.478 e. The summed E-state index contributed by atoms with van der Waals surface area (Å²) in [5.74, 6) is -1.16. The second-order valence-corrected chi connectivity index (χ2v) is 6.06. The van der Waals surface area contributed by atoms with Crippen LogP contribution < -0.4 is 10.6 Å². The molecule has 0 spiro atoms. The molecular weight excluding hydrogens is 338 g/mol. The molecule has 0 aliphatic carbocycles. The fraction of sp³-hybridized carbons (Fsp3) is 0.0556. The Labute approximate surface area is 148 Å². The summed E-state index contributed by atoms with van der Waals surface area (Å²) in [5.41, 5.74) is 3.41. The molecule has 0 radical (unpaired) electrons. The van der Waals surface area contributed by atoms with Crippen LogP contribution in [0.25, 0.3) is 11.1 Å². The number of carboxylic acid groups (broad SMARTS) is 1. The standard InChI is InChI=1S/C18H15N3O3S/c1-19-16(22)15-10-25-18(21-15)20-14-8-6-12(7-9-14)11-2-4-13(5-3-11)17(23)24/h2-10H,1H3,(H,19,22)(H,20,21)(H,23,24). The Morgan fingerprint density at radius 2 is 1.60 bits per heavy atom. The topological polar surface area (TPSA) is 91.3 Å². The van der Waals surface area contributed by atoms with E-state index in [1.807, 2.05) is 24.3 Å². The Hall–Kier alpha value is -3.19. The molecule has 3 rings (SSSR count). The molecule has 0 unspecified atom stereocenters.